The SMILES string of the molecule is CCSC(=S)C(C)C(=O)c1ccccc1. The molecule has 0 amide bonds. The molecule has 3 heteroatoms. The summed E-state index contributed by atoms with van der Waals surface area (Å²) in [5, 5.41) is 0. The van der Waals surface area contributed by atoms with Crippen LogP contribution < -0.4 is 0 Å². The zero-order valence-electron chi connectivity index (χ0n) is 8.90. The van der Waals surface area contributed by atoms with Crippen LogP contribution in [0.25, 0.3) is 0 Å². The number of ketones is 1. The van der Waals surface area contributed by atoms with Crippen LogP contribution in [0.15, 0.2) is 30.3 Å². The lowest BCUT2D eigenvalue weighted by molar-refractivity contribution is 0.0963. The molecule has 0 aromatic heterocycles. The van der Waals surface area contributed by atoms with Crippen molar-refractivity contribution in [2.75, 3.05) is 5.75 Å². The summed E-state index contributed by atoms with van der Waals surface area (Å²) in [6.07, 6.45) is 0. The van der Waals surface area contributed by atoms with E-state index in [0.717, 1.165) is 15.5 Å². The first-order chi connectivity index (χ1) is 7.16. The van der Waals surface area contributed by atoms with Crippen molar-refractivity contribution in [1.29, 1.82) is 0 Å². The lowest BCUT2D eigenvalue weighted by Gasteiger charge is -2.10. The zero-order valence-corrected chi connectivity index (χ0v) is 10.5. The number of rotatable bonds is 4. The first-order valence-corrected chi connectivity index (χ1v) is 6.32. The summed E-state index contributed by atoms with van der Waals surface area (Å²) >= 11 is 6.77. The highest BCUT2D eigenvalue weighted by molar-refractivity contribution is 8.23. The Balaban J connectivity index is 2.73. The third-order valence-corrected chi connectivity index (χ3v) is 3.73. The molecule has 0 radical (unpaired) electrons. The highest BCUT2D eigenvalue weighted by Crippen LogP contribution is 2.17. The lowest BCUT2D eigenvalue weighted by Crippen LogP contribution is -2.17. The van der Waals surface area contributed by atoms with E-state index in [1.807, 2.05) is 44.2 Å². The minimum absolute atomic E-state index is 0.113. The van der Waals surface area contributed by atoms with Gasteiger partial charge in [-0.3, -0.25) is 4.79 Å². The van der Waals surface area contributed by atoms with E-state index in [4.69, 9.17) is 12.2 Å². The van der Waals surface area contributed by atoms with Gasteiger partial charge in [-0.25, -0.2) is 0 Å². The molecule has 0 heterocycles. The second kappa shape index (κ2) is 6.03. The number of carbonyl (C=O) groups excluding carboxylic acids is 1. The average molecular weight is 238 g/mol. The molecule has 0 aliphatic carbocycles. The Bertz CT molecular complexity index is 346. The van der Waals surface area contributed by atoms with E-state index in [1.54, 1.807) is 11.8 Å². The van der Waals surface area contributed by atoms with Crippen LogP contribution in [0.3, 0.4) is 0 Å². The summed E-state index contributed by atoms with van der Waals surface area (Å²) in [5.74, 6) is 0.861. The molecule has 1 aromatic carbocycles. The van der Waals surface area contributed by atoms with Gasteiger partial charge in [-0.2, -0.15) is 0 Å². The van der Waals surface area contributed by atoms with Crippen molar-refractivity contribution >= 4 is 34.0 Å². The van der Waals surface area contributed by atoms with Gasteiger partial charge in [-0.05, 0) is 12.7 Å². The molecule has 0 N–H and O–H groups in total. The van der Waals surface area contributed by atoms with Crippen molar-refractivity contribution in [2.45, 2.75) is 13.8 Å². The first kappa shape index (κ1) is 12.4. The molecule has 15 heavy (non-hydrogen) atoms. The van der Waals surface area contributed by atoms with Gasteiger partial charge in [0.1, 0.15) is 0 Å². The van der Waals surface area contributed by atoms with Crippen molar-refractivity contribution in [1.82, 2.24) is 0 Å². The molecule has 1 aromatic rings. The second-order valence-corrected chi connectivity index (χ2v) is 5.21. The van der Waals surface area contributed by atoms with Crippen LogP contribution in [0, 0.1) is 5.92 Å². The summed E-state index contributed by atoms with van der Waals surface area (Å²) in [7, 11) is 0. The van der Waals surface area contributed by atoms with Crippen molar-refractivity contribution in [3.05, 3.63) is 35.9 Å². The maximum absolute atomic E-state index is 12.0. The van der Waals surface area contributed by atoms with Crippen molar-refractivity contribution in [3.8, 4) is 0 Å². The topological polar surface area (TPSA) is 17.1 Å². The fourth-order valence-electron chi connectivity index (χ4n) is 1.23. The molecule has 0 saturated carbocycles. The second-order valence-electron chi connectivity index (χ2n) is 3.20. The number of thioether (sulfide) groups is 1. The summed E-state index contributed by atoms with van der Waals surface area (Å²) in [4.78, 5) is 12.0. The third kappa shape index (κ3) is 3.43. The molecule has 0 saturated heterocycles. The Hall–Kier alpha value is -0.670. The molecule has 0 aliphatic heterocycles. The monoisotopic (exact) mass is 238 g/mol. The standard InChI is InChI=1S/C12H14OS2/c1-3-15-12(14)9(2)11(13)10-7-5-4-6-8-10/h4-9H,3H2,1-2H3. The maximum atomic E-state index is 12.0. The number of Topliss-reactive ketones (excluding diaryl/α,β-unsaturated/α-hetero) is 1. The van der Waals surface area contributed by atoms with Gasteiger partial charge in [-0.15, -0.1) is 11.8 Å². The van der Waals surface area contributed by atoms with E-state index in [9.17, 15) is 4.79 Å². The lowest BCUT2D eigenvalue weighted by atomic mass is 10.0. The predicted octanol–water partition coefficient (Wildman–Crippen LogP) is 3.59. The van der Waals surface area contributed by atoms with Crippen LogP contribution in [-0.4, -0.2) is 15.7 Å². The van der Waals surface area contributed by atoms with Gasteiger partial charge in [0.05, 0.1) is 10.1 Å². The largest absolute Gasteiger partial charge is 0.293 e. The van der Waals surface area contributed by atoms with E-state index < -0.39 is 0 Å². The predicted molar refractivity (Wildman–Crippen MR) is 70.7 cm³/mol. The number of thiocarbonyl (C=S) groups is 1. The van der Waals surface area contributed by atoms with Crippen LogP contribution in [0.5, 0.6) is 0 Å². The van der Waals surface area contributed by atoms with Crippen LogP contribution in [0.4, 0.5) is 0 Å². The Morgan fingerprint density at radius 2 is 2.00 bits per heavy atom. The molecule has 0 aliphatic rings. The van der Waals surface area contributed by atoms with Gasteiger partial charge in [0.15, 0.2) is 5.78 Å². The van der Waals surface area contributed by atoms with Gasteiger partial charge >= 0.3 is 0 Å². The zero-order chi connectivity index (χ0) is 11.3. The molecule has 80 valence electrons. The van der Waals surface area contributed by atoms with E-state index >= 15 is 0 Å². The van der Waals surface area contributed by atoms with E-state index in [2.05, 4.69) is 0 Å². The molecular formula is C12H14OS2. The van der Waals surface area contributed by atoms with Crippen LogP contribution in [0.2, 0.25) is 0 Å². The fourth-order valence-corrected chi connectivity index (χ4v) is 2.33. The van der Waals surface area contributed by atoms with E-state index in [-0.39, 0.29) is 11.7 Å². The minimum Gasteiger partial charge on any atom is -0.293 e. The number of carbonyl (C=O) groups is 1. The molecule has 0 bridgehead atoms. The molecule has 1 unspecified atom stereocenters. The van der Waals surface area contributed by atoms with Crippen molar-refractivity contribution in [3.63, 3.8) is 0 Å². The molecule has 1 rings (SSSR count). The minimum atomic E-state index is -0.174. The molecule has 0 spiro atoms. The van der Waals surface area contributed by atoms with E-state index in [0.29, 0.717) is 0 Å². The van der Waals surface area contributed by atoms with Crippen molar-refractivity contribution < 1.29 is 4.79 Å². The maximum Gasteiger partial charge on any atom is 0.171 e. The Labute approximate surface area is 100 Å². The van der Waals surface area contributed by atoms with Gasteiger partial charge < -0.3 is 0 Å². The quantitative estimate of drug-likeness (QED) is 0.589. The normalized spacial score (nSPS) is 12.1. The van der Waals surface area contributed by atoms with Crippen LogP contribution in [-0.2, 0) is 0 Å². The summed E-state index contributed by atoms with van der Waals surface area (Å²) < 4.78 is 0.784. The molecule has 1 atom stereocenters. The average Bonchev–Trinajstić information content (AvgIpc) is 2.28. The summed E-state index contributed by atoms with van der Waals surface area (Å²) in [5.41, 5.74) is 0.740. The first-order valence-electron chi connectivity index (χ1n) is 4.92. The van der Waals surface area contributed by atoms with Crippen LogP contribution >= 0.6 is 24.0 Å². The summed E-state index contributed by atoms with van der Waals surface area (Å²) in [6, 6.07) is 9.31. The number of hydrogen-bond acceptors (Lipinski definition) is 3. The van der Waals surface area contributed by atoms with Crippen LogP contribution in [0.1, 0.15) is 24.2 Å². The van der Waals surface area contributed by atoms with Crippen molar-refractivity contribution in [2.24, 2.45) is 5.92 Å². The fraction of sp³-hybridized carbons (Fsp3) is 0.333. The third-order valence-electron chi connectivity index (χ3n) is 2.09. The highest BCUT2D eigenvalue weighted by atomic mass is 32.2. The Kier molecular flexibility index (Phi) is 4.99. The van der Waals surface area contributed by atoms with Gasteiger partial charge in [0.25, 0.3) is 0 Å². The van der Waals surface area contributed by atoms with Gasteiger partial charge in [0, 0.05) is 5.56 Å². The van der Waals surface area contributed by atoms with Gasteiger partial charge in [0.2, 0.25) is 0 Å². The Morgan fingerprint density at radius 3 is 2.53 bits per heavy atom. The summed E-state index contributed by atoms with van der Waals surface area (Å²) in [6.45, 7) is 3.91. The van der Waals surface area contributed by atoms with Gasteiger partial charge in [-0.1, -0.05) is 49.5 Å². The number of hydrogen-bond donors (Lipinski definition) is 0. The highest BCUT2D eigenvalue weighted by Gasteiger charge is 2.18. The van der Waals surface area contributed by atoms with E-state index in [1.165, 1.54) is 0 Å². The Morgan fingerprint density at radius 1 is 1.40 bits per heavy atom. The molecule has 1 nitrogen and oxygen atoms in total. The molecule has 0 fully saturated rings. The smallest absolute Gasteiger partial charge is 0.171 e. The number of benzene rings is 1. The molecular weight excluding hydrogens is 224 g/mol.